The van der Waals surface area contributed by atoms with E-state index in [0.29, 0.717) is 0 Å². The fourth-order valence-electron chi connectivity index (χ4n) is 1.89. The standard InChI is InChI=1S/C10H13NO3S.Na/c1-11-6-2-3-8-4-5-9(7-10(8)11)15(12,13)14;/h4-5,7H,2-3,6H2,1H3,(H,12,13,14);/q;+1/p-1. The van der Waals surface area contributed by atoms with Crippen molar-refractivity contribution in [3.05, 3.63) is 23.8 Å². The van der Waals surface area contributed by atoms with Gasteiger partial charge in [-0.25, -0.2) is 8.42 Å². The number of hydrogen-bond donors (Lipinski definition) is 0. The molecule has 0 unspecified atom stereocenters. The van der Waals surface area contributed by atoms with Crippen LogP contribution >= 0.6 is 0 Å². The van der Waals surface area contributed by atoms with Crippen molar-refractivity contribution >= 4 is 15.8 Å². The smallest absolute Gasteiger partial charge is 0.744 e. The minimum Gasteiger partial charge on any atom is -0.744 e. The monoisotopic (exact) mass is 249 g/mol. The maximum absolute atomic E-state index is 10.9. The van der Waals surface area contributed by atoms with E-state index in [1.807, 2.05) is 11.9 Å². The first-order chi connectivity index (χ1) is 6.98. The number of hydrogen-bond acceptors (Lipinski definition) is 4. The van der Waals surface area contributed by atoms with E-state index in [2.05, 4.69) is 0 Å². The van der Waals surface area contributed by atoms with Crippen molar-refractivity contribution in [2.24, 2.45) is 0 Å². The van der Waals surface area contributed by atoms with E-state index in [-0.39, 0.29) is 34.5 Å². The van der Waals surface area contributed by atoms with Crippen molar-refractivity contribution < 1.29 is 42.5 Å². The fourth-order valence-corrected chi connectivity index (χ4v) is 2.38. The molecule has 4 nitrogen and oxygen atoms in total. The van der Waals surface area contributed by atoms with Crippen molar-refractivity contribution in [1.82, 2.24) is 0 Å². The maximum Gasteiger partial charge on any atom is 1.00 e. The molecule has 0 amide bonds. The minimum absolute atomic E-state index is 0. The van der Waals surface area contributed by atoms with Gasteiger partial charge in [0, 0.05) is 19.3 Å². The summed E-state index contributed by atoms with van der Waals surface area (Å²) in [5.74, 6) is 0. The Kier molecular flexibility index (Phi) is 4.42. The molecule has 0 bridgehead atoms. The normalized spacial score (nSPS) is 15.2. The van der Waals surface area contributed by atoms with E-state index >= 15 is 0 Å². The van der Waals surface area contributed by atoms with Crippen molar-refractivity contribution in [3.8, 4) is 0 Å². The second-order valence-electron chi connectivity index (χ2n) is 3.77. The molecule has 1 aliphatic heterocycles. The van der Waals surface area contributed by atoms with Crippen LogP contribution in [0.4, 0.5) is 5.69 Å². The summed E-state index contributed by atoms with van der Waals surface area (Å²) in [6.07, 6.45) is 2.01. The van der Waals surface area contributed by atoms with Crippen LogP contribution in [0.25, 0.3) is 0 Å². The Morgan fingerprint density at radius 2 is 2.06 bits per heavy atom. The van der Waals surface area contributed by atoms with Gasteiger partial charge in [-0.2, -0.15) is 0 Å². The molecule has 0 atom stereocenters. The third kappa shape index (κ3) is 2.78. The number of fused-ring (bicyclic) bond motifs is 1. The van der Waals surface area contributed by atoms with E-state index in [4.69, 9.17) is 0 Å². The zero-order valence-electron chi connectivity index (χ0n) is 9.43. The summed E-state index contributed by atoms with van der Waals surface area (Å²) in [4.78, 5) is 1.84. The van der Waals surface area contributed by atoms with Crippen molar-refractivity contribution in [2.45, 2.75) is 17.7 Å². The average molecular weight is 249 g/mol. The van der Waals surface area contributed by atoms with Gasteiger partial charge in [-0.05, 0) is 30.5 Å². The molecule has 0 spiro atoms. The van der Waals surface area contributed by atoms with E-state index in [9.17, 15) is 13.0 Å². The number of anilines is 1. The molecule has 0 N–H and O–H groups in total. The van der Waals surface area contributed by atoms with Crippen LogP contribution in [0.15, 0.2) is 23.1 Å². The van der Waals surface area contributed by atoms with Crippen molar-refractivity contribution in [3.63, 3.8) is 0 Å². The van der Waals surface area contributed by atoms with Crippen molar-refractivity contribution in [1.29, 1.82) is 0 Å². The second kappa shape index (κ2) is 5.06. The molecule has 16 heavy (non-hydrogen) atoms. The molecule has 1 aromatic carbocycles. The van der Waals surface area contributed by atoms with Crippen LogP contribution in [-0.2, 0) is 16.5 Å². The molecule has 0 radical (unpaired) electrons. The predicted molar refractivity (Wildman–Crippen MR) is 56.0 cm³/mol. The van der Waals surface area contributed by atoms with Crippen LogP contribution in [0, 0.1) is 0 Å². The molecular weight excluding hydrogens is 237 g/mol. The fraction of sp³-hybridized carbons (Fsp3) is 0.400. The molecule has 6 heteroatoms. The predicted octanol–water partition coefficient (Wildman–Crippen LogP) is -2.02. The molecule has 0 aromatic heterocycles. The Balaban J connectivity index is 0.00000128. The Morgan fingerprint density at radius 1 is 1.38 bits per heavy atom. The largest absolute Gasteiger partial charge is 1.00 e. The summed E-state index contributed by atoms with van der Waals surface area (Å²) in [5.41, 5.74) is 1.97. The summed E-state index contributed by atoms with van der Waals surface area (Å²) >= 11 is 0. The Labute approximate surface area is 118 Å². The zero-order valence-corrected chi connectivity index (χ0v) is 12.3. The van der Waals surface area contributed by atoms with Crippen LogP contribution in [0.5, 0.6) is 0 Å². The van der Waals surface area contributed by atoms with Gasteiger partial charge >= 0.3 is 29.6 Å². The van der Waals surface area contributed by atoms with Crippen LogP contribution in [0.2, 0.25) is 0 Å². The summed E-state index contributed by atoms with van der Waals surface area (Å²) in [6.45, 7) is 0.898. The SMILES string of the molecule is CN1CCCc2ccc(S(=O)(=O)[O-])cc21.[Na+]. The molecule has 0 aliphatic carbocycles. The summed E-state index contributed by atoms with van der Waals surface area (Å²) in [6, 6.07) is 4.59. The zero-order chi connectivity index (χ0) is 11.1. The van der Waals surface area contributed by atoms with E-state index in [1.165, 1.54) is 12.1 Å². The molecule has 0 fully saturated rings. The van der Waals surface area contributed by atoms with Gasteiger partial charge < -0.3 is 9.45 Å². The Morgan fingerprint density at radius 3 is 2.69 bits per heavy atom. The van der Waals surface area contributed by atoms with Gasteiger partial charge in [0.25, 0.3) is 0 Å². The number of aryl methyl sites for hydroxylation is 1. The first kappa shape index (κ1) is 14.0. The molecule has 1 aliphatic rings. The molecule has 1 aromatic rings. The Hall–Kier alpha value is -0.0700. The molecular formula is C10H12NNaO3S. The quantitative estimate of drug-likeness (QED) is 0.426. The van der Waals surface area contributed by atoms with Gasteiger partial charge in [-0.15, -0.1) is 0 Å². The molecule has 2 rings (SSSR count). The van der Waals surface area contributed by atoms with Crippen LogP contribution < -0.4 is 34.5 Å². The van der Waals surface area contributed by atoms with E-state index < -0.39 is 10.1 Å². The Bertz CT molecular complexity index is 487. The van der Waals surface area contributed by atoms with E-state index in [0.717, 1.165) is 30.6 Å². The van der Waals surface area contributed by atoms with Crippen LogP contribution in [0.3, 0.4) is 0 Å². The van der Waals surface area contributed by atoms with Gasteiger partial charge in [-0.1, -0.05) is 6.07 Å². The van der Waals surface area contributed by atoms with Crippen molar-refractivity contribution in [2.75, 3.05) is 18.5 Å². The molecule has 82 valence electrons. The average Bonchev–Trinajstić information content (AvgIpc) is 2.16. The molecule has 0 saturated carbocycles. The summed E-state index contributed by atoms with van der Waals surface area (Å²) < 4.78 is 32.6. The van der Waals surface area contributed by atoms with Gasteiger partial charge in [-0.3, -0.25) is 0 Å². The first-order valence-corrected chi connectivity index (χ1v) is 6.19. The molecule has 1 heterocycles. The minimum atomic E-state index is -4.34. The van der Waals surface area contributed by atoms with Gasteiger partial charge in [0.2, 0.25) is 0 Å². The summed E-state index contributed by atoms with van der Waals surface area (Å²) in [7, 11) is -2.43. The number of nitrogens with zero attached hydrogens (tertiary/aromatic N) is 1. The third-order valence-corrected chi connectivity index (χ3v) is 3.53. The summed E-state index contributed by atoms with van der Waals surface area (Å²) in [5, 5.41) is 0. The topological polar surface area (TPSA) is 60.4 Å². The van der Waals surface area contributed by atoms with E-state index in [1.54, 1.807) is 6.07 Å². The first-order valence-electron chi connectivity index (χ1n) is 4.78. The van der Waals surface area contributed by atoms with Crippen LogP contribution in [0.1, 0.15) is 12.0 Å². The van der Waals surface area contributed by atoms with Crippen LogP contribution in [-0.4, -0.2) is 26.6 Å². The second-order valence-corrected chi connectivity index (χ2v) is 5.15. The molecule has 0 saturated heterocycles. The van der Waals surface area contributed by atoms with Gasteiger partial charge in [0.05, 0.1) is 4.90 Å². The number of rotatable bonds is 1. The third-order valence-electron chi connectivity index (χ3n) is 2.70. The van der Waals surface area contributed by atoms with Gasteiger partial charge in [0.1, 0.15) is 10.1 Å². The van der Waals surface area contributed by atoms with Gasteiger partial charge in [0.15, 0.2) is 0 Å². The number of benzene rings is 1. The maximum atomic E-state index is 10.9.